The van der Waals surface area contributed by atoms with E-state index in [1.165, 1.54) is 6.20 Å². The largest absolute Gasteiger partial charge is 0.476 e. The molecule has 0 aliphatic carbocycles. The van der Waals surface area contributed by atoms with Crippen molar-refractivity contribution in [3.63, 3.8) is 0 Å². The van der Waals surface area contributed by atoms with Gasteiger partial charge in [-0.25, -0.2) is 9.78 Å². The molecule has 1 N–H and O–H groups in total. The van der Waals surface area contributed by atoms with Crippen molar-refractivity contribution in [2.75, 3.05) is 0 Å². The quantitative estimate of drug-likeness (QED) is 0.910. The predicted molar refractivity (Wildman–Crippen MR) is 71.1 cm³/mol. The monoisotopic (exact) mass is 272 g/mol. The van der Waals surface area contributed by atoms with E-state index in [0.717, 1.165) is 5.56 Å². The number of nitrogens with zero attached hydrogens (tertiary/aromatic N) is 2. The maximum atomic E-state index is 11.1. The average molecular weight is 273 g/mol. The molecule has 1 aromatic carbocycles. The molecule has 1 aromatic heterocycles. The first-order chi connectivity index (χ1) is 9.06. The van der Waals surface area contributed by atoms with E-state index < -0.39 is 5.97 Å². The van der Waals surface area contributed by atoms with Crippen LogP contribution in [0.3, 0.4) is 0 Å². The zero-order chi connectivity index (χ0) is 14.0. The standard InChI is InChI=1S/C14H9ClN2O2/c1-8-7-17-13(14(18)19)12(15)11(8)10-5-3-2-4-9(10)6-16/h2-5,7H,1H3,(H,18,19). The summed E-state index contributed by atoms with van der Waals surface area (Å²) in [6.07, 6.45) is 1.44. The van der Waals surface area contributed by atoms with Crippen molar-refractivity contribution in [3.05, 3.63) is 52.3 Å². The first kappa shape index (κ1) is 13.1. The average Bonchev–Trinajstić information content (AvgIpc) is 2.39. The minimum Gasteiger partial charge on any atom is -0.476 e. The molecule has 0 saturated carbocycles. The van der Waals surface area contributed by atoms with Gasteiger partial charge in [0.25, 0.3) is 0 Å². The second-order valence-corrected chi connectivity index (χ2v) is 4.32. The lowest BCUT2D eigenvalue weighted by Crippen LogP contribution is -2.04. The molecule has 0 atom stereocenters. The summed E-state index contributed by atoms with van der Waals surface area (Å²) >= 11 is 6.12. The third kappa shape index (κ3) is 2.28. The van der Waals surface area contributed by atoms with Gasteiger partial charge in [-0.3, -0.25) is 0 Å². The fourth-order valence-corrected chi connectivity index (χ4v) is 2.23. The fraction of sp³-hybridized carbons (Fsp3) is 0.0714. The molecule has 2 aromatic rings. The molecule has 0 aliphatic heterocycles. The Hall–Kier alpha value is -2.38. The second kappa shape index (κ2) is 5.09. The summed E-state index contributed by atoms with van der Waals surface area (Å²) in [4.78, 5) is 14.9. The molecule has 0 spiro atoms. The van der Waals surface area contributed by atoms with Crippen LogP contribution in [0, 0.1) is 18.3 Å². The number of carboxylic acid groups (broad SMARTS) is 1. The number of rotatable bonds is 2. The molecule has 1 heterocycles. The number of hydrogen-bond donors (Lipinski definition) is 1. The van der Waals surface area contributed by atoms with E-state index in [1.54, 1.807) is 31.2 Å². The molecule has 94 valence electrons. The zero-order valence-corrected chi connectivity index (χ0v) is 10.8. The van der Waals surface area contributed by atoms with E-state index in [-0.39, 0.29) is 10.7 Å². The van der Waals surface area contributed by atoms with E-state index in [9.17, 15) is 4.79 Å². The van der Waals surface area contributed by atoms with Crippen LogP contribution in [0.2, 0.25) is 5.02 Å². The number of hydrogen-bond acceptors (Lipinski definition) is 3. The lowest BCUT2D eigenvalue weighted by Gasteiger charge is -2.11. The Labute approximate surface area is 114 Å². The van der Waals surface area contributed by atoms with Crippen molar-refractivity contribution in [1.29, 1.82) is 5.26 Å². The van der Waals surface area contributed by atoms with Crippen LogP contribution in [0.5, 0.6) is 0 Å². The van der Waals surface area contributed by atoms with Gasteiger partial charge in [-0.15, -0.1) is 0 Å². The summed E-state index contributed by atoms with van der Waals surface area (Å²) < 4.78 is 0. The highest BCUT2D eigenvalue weighted by Crippen LogP contribution is 2.34. The van der Waals surface area contributed by atoms with Crippen LogP contribution < -0.4 is 0 Å². The Kier molecular flexibility index (Phi) is 3.50. The molecule has 0 radical (unpaired) electrons. The van der Waals surface area contributed by atoms with Gasteiger partial charge in [0.2, 0.25) is 0 Å². The smallest absolute Gasteiger partial charge is 0.356 e. The Morgan fingerprint density at radius 1 is 1.42 bits per heavy atom. The first-order valence-corrected chi connectivity index (χ1v) is 5.82. The molecule has 2 rings (SSSR count). The van der Waals surface area contributed by atoms with Crippen LogP contribution >= 0.6 is 11.6 Å². The van der Waals surface area contributed by atoms with E-state index in [4.69, 9.17) is 22.0 Å². The van der Waals surface area contributed by atoms with Crippen LogP contribution in [0.15, 0.2) is 30.5 Å². The molecule has 0 fully saturated rings. The summed E-state index contributed by atoms with van der Waals surface area (Å²) in [6, 6.07) is 8.98. The van der Waals surface area contributed by atoms with E-state index in [1.807, 2.05) is 0 Å². The van der Waals surface area contributed by atoms with Gasteiger partial charge in [0.05, 0.1) is 16.7 Å². The van der Waals surface area contributed by atoms with Crippen LogP contribution in [-0.4, -0.2) is 16.1 Å². The van der Waals surface area contributed by atoms with Gasteiger partial charge >= 0.3 is 5.97 Å². The summed E-state index contributed by atoms with van der Waals surface area (Å²) in [7, 11) is 0. The Morgan fingerprint density at radius 3 is 2.74 bits per heavy atom. The highest BCUT2D eigenvalue weighted by Gasteiger charge is 2.19. The van der Waals surface area contributed by atoms with Gasteiger partial charge in [-0.1, -0.05) is 29.8 Å². The maximum Gasteiger partial charge on any atom is 0.356 e. The number of pyridine rings is 1. The number of aromatic nitrogens is 1. The number of carbonyl (C=O) groups is 1. The minimum absolute atomic E-state index is 0.0511. The lowest BCUT2D eigenvalue weighted by molar-refractivity contribution is 0.0691. The zero-order valence-electron chi connectivity index (χ0n) is 10.0. The Morgan fingerprint density at radius 2 is 2.11 bits per heavy atom. The SMILES string of the molecule is Cc1cnc(C(=O)O)c(Cl)c1-c1ccccc1C#N. The topological polar surface area (TPSA) is 74.0 Å². The molecule has 0 amide bonds. The summed E-state index contributed by atoms with van der Waals surface area (Å²) in [5, 5.41) is 18.2. The predicted octanol–water partition coefficient (Wildman–Crippen LogP) is 3.28. The van der Waals surface area contributed by atoms with Crippen molar-refractivity contribution in [3.8, 4) is 17.2 Å². The molecule has 19 heavy (non-hydrogen) atoms. The van der Waals surface area contributed by atoms with Crippen molar-refractivity contribution in [1.82, 2.24) is 4.98 Å². The van der Waals surface area contributed by atoms with Gasteiger partial charge in [0, 0.05) is 17.3 Å². The second-order valence-electron chi connectivity index (χ2n) is 3.94. The molecule has 4 nitrogen and oxygen atoms in total. The van der Waals surface area contributed by atoms with Gasteiger partial charge in [0.15, 0.2) is 5.69 Å². The van der Waals surface area contributed by atoms with Gasteiger partial charge in [-0.05, 0) is 18.6 Å². The molecular weight excluding hydrogens is 264 g/mol. The van der Waals surface area contributed by atoms with Crippen molar-refractivity contribution < 1.29 is 9.90 Å². The molecule has 5 heteroatoms. The van der Waals surface area contributed by atoms with Crippen molar-refractivity contribution in [2.24, 2.45) is 0 Å². The molecule has 0 unspecified atom stereocenters. The van der Waals surface area contributed by atoms with Crippen LogP contribution in [0.25, 0.3) is 11.1 Å². The number of halogens is 1. The van der Waals surface area contributed by atoms with E-state index >= 15 is 0 Å². The minimum atomic E-state index is -1.19. The Balaban J connectivity index is 2.79. The highest BCUT2D eigenvalue weighted by molar-refractivity contribution is 6.36. The number of aryl methyl sites for hydroxylation is 1. The third-order valence-electron chi connectivity index (χ3n) is 2.73. The van der Waals surface area contributed by atoms with Crippen molar-refractivity contribution in [2.45, 2.75) is 6.92 Å². The number of aromatic carboxylic acids is 1. The Bertz CT molecular complexity index is 705. The highest BCUT2D eigenvalue weighted by atomic mass is 35.5. The fourth-order valence-electron chi connectivity index (χ4n) is 1.85. The third-order valence-corrected chi connectivity index (χ3v) is 3.10. The van der Waals surface area contributed by atoms with Gasteiger partial charge in [0.1, 0.15) is 0 Å². The lowest BCUT2D eigenvalue weighted by atomic mass is 9.97. The maximum absolute atomic E-state index is 11.1. The van der Waals surface area contributed by atoms with Crippen LogP contribution in [0.4, 0.5) is 0 Å². The van der Waals surface area contributed by atoms with E-state index in [0.29, 0.717) is 16.7 Å². The molecular formula is C14H9ClN2O2. The number of benzene rings is 1. The van der Waals surface area contributed by atoms with E-state index in [2.05, 4.69) is 11.1 Å². The van der Waals surface area contributed by atoms with Crippen LogP contribution in [-0.2, 0) is 0 Å². The summed E-state index contributed by atoms with van der Waals surface area (Å²) in [5.74, 6) is -1.19. The van der Waals surface area contributed by atoms with Crippen LogP contribution in [0.1, 0.15) is 21.6 Å². The summed E-state index contributed by atoms with van der Waals surface area (Å²) in [5.41, 5.74) is 2.09. The van der Waals surface area contributed by atoms with Crippen molar-refractivity contribution >= 4 is 17.6 Å². The molecule has 0 bridgehead atoms. The number of nitriles is 1. The van der Waals surface area contributed by atoms with Gasteiger partial charge < -0.3 is 5.11 Å². The normalized spacial score (nSPS) is 9.95. The molecule has 0 saturated heterocycles. The van der Waals surface area contributed by atoms with Gasteiger partial charge in [-0.2, -0.15) is 5.26 Å². The first-order valence-electron chi connectivity index (χ1n) is 5.44. The number of carboxylic acids is 1. The molecule has 0 aliphatic rings. The summed E-state index contributed by atoms with van der Waals surface area (Å²) in [6.45, 7) is 1.77.